The topological polar surface area (TPSA) is 75.4 Å². The summed E-state index contributed by atoms with van der Waals surface area (Å²) in [4.78, 5) is 13.9. The molecular weight excluding hydrogens is 312 g/mol. The van der Waals surface area contributed by atoms with Gasteiger partial charge in [0.15, 0.2) is 11.5 Å². The van der Waals surface area contributed by atoms with Crippen LogP contribution in [-0.2, 0) is 4.79 Å². The third-order valence-electron chi connectivity index (χ3n) is 3.96. The van der Waals surface area contributed by atoms with Gasteiger partial charge in [-0.3, -0.25) is 4.79 Å². The number of rotatable bonds is 4. The second-order valence-electron chi connectivity index (χ2n) is 5.49. The van der Waals surface area contributed by atoms with Crippen molar-refractivity contribution < 1.29 is 4.79 Å². The number of nitrogens with one attached hydrogen (secondary N) is 1. The van der Waals surface area contributed by atoms with Crippen molar-refractivity contribution in [1.82, 2.24) is 25.1 Å². The van der Waals surface area contributed by atoms with Crippen LogP contribution in [0.25, 0.3) is 17.0 Å². The minimum atomic E-state index is 0.0460. The maximum Gasteiger partial charge on any atom is 0.226 e. The van der Waals surface area contributed by atoms with Gasteiger partial charge in [0.25, 0.3) is 0 Å². The zero-order valence-corrected chi connectivity index (χ0v) is 13.5. The number of thiophene rings is 1. The molecule has 1 aliphatic rings. The van der Waals surface area contributed by atoms with Crippen LogP contribution in [0.3, 0.4) is 0 Å². The van der Waals surface area contributed by atoms with Crippen LogP contribution in [0.1, 0.15) is 6.92 Å². The predicted octanol–water partition coefficient (Wildman–Crippen LogP) is 1.43. The minimum absolute atomic E-state index is 0.0460. The molecule has 1 N–H and O–H groups in total. The van der Waals surface area contributed by atoms with Gasteiger partial charge >= 0.3 is 0 Å². The molecule has 1 fully saturated rings. The molecule has 1 amide bonds. The fourth-order valence-electron chi connectivity index (χ4n) is 2.67. The van der Waals surface area contributed by atoms with Crippen molar-refractivity contribution in [2.45, 2.75) is 6.92 Å². The second kappa shape index (κ2) is 5.62. The van der Waals surface area contributed by atoms with Gasteiger partial charge < -0.3 is 10.2 Å². The van der Waals surface area contributed by atoms with Gasteiger partial charge in [-0.25, -0.2) is 0 Å². The highest BCUT2D eigenvalue weighted by atomic mass is 32.1. The molecule has 23 heavy (non-hydrogen) atoms. The number of fused-ring (bicyclic) bond motifs is 1. The summed E-state index contributed by atoms with van der Waals surface area (Å²) >= 11 is 1.62. The summed E-state index contributed by atoms with van der Waals surface area (Å²) in [5.74, 6) is 1.75. The van der Waals surface area contributed by atoms with E-state index in [4.69, 9.17) is 0 Å². The van der Waals surface area contributed by atoms with Crippen LogP contribution >= 0.6 is 11.3 Å². The molecule has 0 unspecified atom stereocenters. The van der Waals surface area contributed by atoms with E-state index >= 15 is 0 Å². The summed E-state index contributed by atoms with van der Waals surface area (Å²) in [6, 6.07) is 5.84. The normalized spacial score (nSPS) is 14.9. The van der Waals surface area contributed by atoms with Gasteiger partial charge in [-0.15, -0.1) is 15.3 Å². The Hall–Kier alpha value is -2.48. The van der Waals surface area contributed by atoms with Crippen molar-refractivity contribution in [2.24, 2.45) is 5.92 Å². The van der Waals surface area contributed by atoms with Crippen molar-refractivity contribution in [3.8, 4) is 11.4 Å². The molecule has 3 aromatic rings. The van der Waals surface area contributed by atoms with Gasteiger partial charge in [0, 0.05) is 30.6 Å². The fraction of sp³-hybridized carbons (Fsp3) is 0.333. The average Bonchev–Trinajstić information content (AvgIpc) is 3.14. The van der Waals surface area contributed by atoms with Gasteiger partial charge in [-0.1, -0.05) is 0 Å². The molecule has 0 bridgehead atoms. The van der Waals surface area contributed by atoms with Gasteiger partial charge in [0.1, 0.15) is 5.82 Å². The molecular formula is C15H16N6OS. The smallest absolute Gasteiger partial charge is 0.226 e. The largest absolute Gasteiger partial charge is 0.356 e. The maximum absolute atomic E-state index is 11.8. The van der Waals surface area contributed by atoms with Crippen molar-refractivity contribution in [2.75, 3.05) is 24.5 Å². The second-order valence-corrected chi connectivity index (χ2v) is 6.27. The molecule has 4 rings (SSSR count). The van der Waals surface area contributed by atoms with Crippen molar-refractivity contribution >= 4 is 28.7 Å². The minimum Gasteiger partial charge on any atom is -0.356 e. The average molecular weight is 328 g/mol. The molecule has 0 aromatic carbocycles. The first-order chi connectivity index (χ1) is 11.3. The highest BCUT2D eigenvalue weighted by molar-refractivity contribution is 7.08. The standard InChI is InChI=1S/C15H16N6OS/c1-2-16-15(22)11-7-20(8-11)13-4-3-12-17-18-14(21(12)19-13)10-5-6-23-9-10/h3-6,9,11H,2,7-8H2,1H3,(H,16,22). The van der Waals surface area contributed by atoms with E-state index in [0.717, 1.165) is 22.9 Å². The van der Waals surface area contributed by atoms with Crippen LogP contribution in [0.5, 0.6) is 0 Å². The number of hydrogen-bond donors (Lipinski definition) is 1. The molecule has 1 saturated heterocycles. The highest BCUT2D eigenvalue weighted by Crippen LogP contribution is 2.25. The molecule has 0 aliphatic carbocycles. The van der Waals surface area contributed by atoms with Crippen LogP contribution in [-0.4, -0.2) is 45.4 Å². The molecule has 8 heteroatoms. The zero-order valence-electron chi connectivity index (χ0n) is 12.6. The quantitative estimate of drug-likeness (QED) is 0.784. The lowest BCUT2D eigenvalue weighted by atomic mass is 9.99. The van der Waals surface area contributed by atoms with Gasteiger partial charge in [-0.2, -0.15) is 15.9 Å². The van der Waals surface area contributed by atoms with Crippen molar-refractivity contribution in [1.29, 1.82) is 0 Å². The maximum atomic E-state index is 11.8. The lowest BCUT2D eigenvalue weighted by molar-refractivity contribution is -0.125. The summed E-state index contributed by atoms with van der Waals surface area (Å²) in [6.45, 7) is 3.99. The Balaban J connectivity index is 1.58. The van der Waals surface area contributed by atoms with Gasteiger partial charge in [0.05, 0.1) is 5.92 Å². The van der Waals surface area contributed by atoms with E-state index in [9.17, 15) is 4.79 Å². The van der Waals surface area contributed by atoms with E-state index in [1.54, 1.807) is 15.9 Å². The molecule has 1 aliphatic heterocycles. The third kappa shape index (κ3) is 2.44. The summed E-state index contributed by atoms with van der Waals surface area (Å²) in [5, 5.41) is 19.9. The summed E-state index contributed by atoms with van der Waals surface area (Å²) in [6.07, 6.45) is 0. The molecule has 7 nitrogen and oxygen atoms in total. The number of aromatic nitrogens is 4. The Morgan fingerprint density at radius 1 is 1.35 bits per heavy atom. The SMILES string of the molecule is CCNC(=O)C1CN(c2ccc3nnc(-c4ccsc4)n3n2)C1. The Morgan fingerprint density at radius 3 is 2.96 bits per heavy atom. The van der Waals surface area contributed by atoms with E-state index in [1.807, 2.05) is 35.9 Å². The van der Waals surface area contributed by atoms with Crippen molar-refractivity contribution in [3.63, 3.8) is 0 Å². The van der Waals surface area contributed by atoms with E-state index in [-0.39, 0.29) is 11.8 Å². The van der Waals surface area contributed by atoms with Gasteiger partial charge in [0.2, 0.25) is 5.91 Å². The monoisotopic (exact) mass is 328 g/mol. The summed E-state index contributed by atoms with van der Waals surface area (Å²) < 4.78 is 1.76. The van der Waals surface area contributed by atoms with E-state index < -0.39 is 0 Å². The molecule has 0 spiro atoms. The third-order valence-corrected chi connectivity index (χ3v) is 4.64. The van der Waals surface area contributed by atoms with Crippen LogP contribution < -0.4 is 10.2 Å². The first-order valence-electron chi connectivity index (χ1n) is 7.54. The van der Waals surface area contributed by atoms with Crippen LogP contribution in [0, 0.1) is 5.92 Å². The fourth-order valence-corrected chi connectivity index (χ4v) is 3.30. The lowest BCUT2D eigenvalue weighted by Gasteiger charge is -2.38. The highest BCUT2D eigenvalue weighted by Gasteiger charge is 2.33. The first kappa shape index (κ1) is 14.1. The Bertz CT molecular complexity index is 837. The first-order valence-corrected chi connectivity index (χ1v) is 8.48. The number of nitrogens with zero attached hydrogens (tertiary/aromatic N) is 5. The van der Waals surface area contributed by atoms with Crippen LogP contribution in [0.4, 0.5) is 5.82 Å². The molecule has 3 aromatic heterocycles. The van der Waals surface area contributed by atoms with E-state index in [0.29, 0.717) is 19.6 Å². The summed E-state index contributed by atoms with van der Waals surface area (Å²) in [5.41, 5.74) is 1.73. The summed E-state index contributed by atoms with van der Waals surface area (Å²) in [7, 11) is 0. The number of hydrogen-bond acceptors (Lipinski definition) is 6. The number of amides is 1. The Morgan fingerprint density at radius 2 is 2.22 bits per heavy atom. The van der Waals surface area contributed by atoms with E-state index in [2.05, 4.69) is 25.5 Å². The van der Waals surface area contributed by atoms with Crippen molar-refractivity contribution in [3.05, 3.63) is 29.0 Å². The number of carbonyl (C=O) groups is 1. The number of anilines is 1. The molecule has 118 valence electrons. The predicted molar refractivity (Wildman–Crippen MR) is 88.5 cm³/mol. The van der Waals surface area contributed by atoms with Crippen LogP contribution in [0.15, 0.2) is 29.0 Å². The van der Waals surface area contributed by atoms with Gasteiger partial charge in [-0.05, 0) is 30.5 Å². The lowest BCUT2D eigenvalue weighted by Crippen LogP contribution is -2.54. The molecule has 0 radical (unpaired) electrons. The molecule has 0 atom stereocenters. The Kier molecular flexibility index (Phi) is 3.45. The number of carbonyl (C=O) groups excluding carboxylic acids is 1. The Labute approximate surface area is 136 Å². The zero-order chi connectivity index (χ0) is 15.8. The molecule has 0 saturated carbocycles. The van der Waals surface area contributed by atoms with Crippen LogP contribution in [0.2, 0.25) is 0 Å². The van der Waals surface area contributed by atoms with E-state index in [1.165, 1.54) is 0 Å². The molecule has 4 heterocycles.